The maximum Gasteiger partial charge on any atom is 0.222 e. The number of carbonyl (C=O) groups excluding carboxylic acids is 1. The zero-order chi connectivity index (χ0) is 13.5. The monoisotopic (exact) mass is 255 g/mol. The Morgan fingerprint density at radius 3 is 2.39 bits per heavy atom. The molecule has 1 aliphatic rings. The molecule has 1 fully saturated rings. The average molecular weight is 255 g/mol. The largest absolute Gasteiger partial charge is 0.383 e. The second-order valence-electron chi connectivity index (χ2n) is 6.04. The van der Waals surface area contributed by atoms with E-state index in [1.807, 2.05) is 7.05 Å². The lowest BCUT2D eigenvalue weighted by Gasteiger charge is -2.31. The summed E-state index contributed by atoms with van der Waals surface area (Å²) in [5.74, 6) is 2.56. The van der Waals surface area contributed by atoms with Gasteiger partial charge in [-0.2, -0.15) is 0 Å². The predicted molar refractivity (Wildman–Crippen MR) is 74.4 cm³/mol. The van der Waals surface area contributed by atoms with Crippen LogP contribution in [-0.2, 0) is 9.53 Å². The van der Waals surface area contributed by atoms with Crippen LogP contribution in [0.5, 0.6) is 0 Å². The van der Waals surface area contributed by atoms with E-state index in [1.54, 1.807) is 12.0 Å². The summed E-state index contributed by atoms with van der Waals surface area (Å²) in [5, 5.41) is 0. The molecule has 0 atom stereocenters. The molecule has 0 radical (unpaired) electrons. The SMILES string of the molecule is COCCN(C)C(=O)CC1CCC(C(C)C)CC1. The highest BCUT2D eigenvalue weighted by Crippen LogP contribution is 2.34. The van der Waals surface area contributed by atoms with Gasteiger partial charge in [-0.15, -0.1) is 0 Å². The van der Waals surface area contributed by atoms with E-state index in [0.29, 0.717) is 19.1 Å². The molecule has 0 unspecified atom stereocenters. The van der Waals surface area contributed by atoms with Crippen LogP contribution in [0.25, 0.3) is 0 Å². The maximum absolute atomic E-state index is 12.0. The van der Waals surface area contributed by atoms with Crippen LogP contribution in [0.1, 0.15) is 46.0 Å². The Kier molecular flexibility index (Phi) is 6.69. The van der Waals surface area contributed by atoms with E-state index in [0.717, 1.165) is 18.3 Å². The molecular formula is C15H29NO2. The van der Waals surface area contributed by atoms with E-state index in [1.165, 1.54) is 25.7 Å². The lowest BCUT2D eigenvalue weighted by molar-refractivity contribution is -0.131. The van der Waals surface area contributed by atoms with Gasteiger partial charge in [-0.05, 0) is 43.4 Å². The van der Waals surface area contributed by atoms with Crippen LogP contribution in [0.3, 0.4) is 0 Å². The highest BCUT2D eigenvalue weighted by atomic mass is 16.5. The number of likely N-dealkylation sites (N-methyl/N-ethyl adjacent to an activating group) is 1. The third-order valence-corrected chi connectivity index (χ3v) is 4.35. The molecule has 0 aromatic heterocycles. The molecule has 0 aliphatic heterocycles. The van der Waals surface area contributed by atoms with Crippen LogP contribution in [0, 0.1) is 17.8 Å². The first-order chi connectivity index (χ1) is 8.54. The number of rotatable bonds is 6. The standard InChI is InChI=1S/C15H29NO2/c1-12(2)14-7-5-13(6-8-14)11-15(17)16(3)9-10-18-4/h12-14H,5-11H2,1-4H3. The summed E-state index contributed by atoms with van der Waals surface area (Å²) in [5.41, 5.74) is 0. The number of hydrogen-bond acceptors (Lipinski definition) is 2. The van der Waals surface area contributed by atoms with Gasteiger partial charge in [0.25, 0.3) is 0 Å². The lowest BCUT2D eigenvalue weighted by atomic mass is 9.76. The lowest BCUT2D eigenvalue weighted by Crippen LogP contribution is -2.32. The van der Waals surface area contributed by atoms with Crippen LogP contribution in [-0.4, -0.2) is 38.1 Å². The van der Waals surface area contributed by atoms with E-state index in [-0.39, 0.29) is 5.91 Å². The van der Waals surface area contributed by atoms with Gasteiger partial charge >= 0.3 is 0 Å². The minimum atomic E-state index is 0.278. The quantitative estimate of drug-likeness (QED) is 0.730. The maximum atomic E-state index is 12.0. The van der Waals surface area contributed by atoms with Crippen molar-refractivity contribution in [1.29, 1.82) is 0 Å². The number of hydrogen-bond donors (Lipinski definition) is 0. The highest BCUT2D eigenvalue weighted by molar-refractivity contribution is 5.76. The van der Waals surface area contributed by atoms with Gasteiger partial charge in [0.2, 0.25) is 5.91 Å². The Bertz CT molecular complexity index is 245. The molecule has 1 rings (SSSR count). The molecule has 0 aromatic rings. The Morgan fingerprint density at radius 2 is 1.89 bits per heavy atom. The first-order valence-electron chi connectivity index (χ1n) is 7.27. The van der Waals surface area contributed by atoms with E-state index < -0.39 is 0 Å². The summed E-state index contributed by atoms with van der Waals surface area (Å²) in [6.07, 6.45) is 5.79. The predicted octanol–water partition coefficient (Wildman–Crippen LogP) is 2.94. The van der Waals surface area contributed by atoms with Crippen molar-refractivity contribution in [2.45, 2.75) is 46.0 Å². The Labute approximate surface area is 112 Å². The molecule has 1 saturated carbocycles. The Hall–Kier alpha value is -0.570. The van der Waals surface area contributed by atoms with Crippen molar-refractivity contribution in [2.75, 3.05) is 27.3 Å². The van der Waals surface area contributed by atoms with Gasteiger partial charge in [0.05, 0.1) is 6.61 Å². The second-order valence-corrected chi connectivity index (χ2v) is 6.04. The summed E-state index contributed by atoms with van der Waals surface area (Å²) in [6, 6.07) is 0. The van der Waals surface area contributed by atoms with Crippen LogP contribution in [0.15, 0.2) is 0 Å². The molecule has 18 heavy (non-hydrogen) atoms. The van der Waals surface area contributed by atoms with Crippen molar-refractivity contribution >= 4 is 5.91 Å². The molecule has 0 N–H and O–H groups in total. The number of amides is 1. The normalized spacial score (nSPS) is 24.3. The number of ether oxygens (including phenoxy) is 1. The molecule has 3 nitrogen and oxygen atoms in total. The smallest absolute Gasteiger partial charge is 0.222 e. The molecular weight excluding hydrogens is 226 g/mol. The third kappa shape index (κ3) is 4.97. The van der Waals surface area contributed by atoms with E-state index >= 15 is 0 Å². The molecule has 0 bridgehead atoms. The van der Waals surface area contributed by atoms with Gasteiger partial charge in [-0.25, -0.2) is 0 Å². The van der Waals surface area contributed by atoms with Crippen molar-refractivity contribution in [3.8, 4) is 0 Å². The molecule has 0 saturated heterocycles. The van der Waals surface area contributed by atoms with Crippen LogP contribution in [0.2, 0.25) is 0 Å². The first-order valence-corrected chi connectivity index (χ1v) is 7.27. The molecule has 106 valence electrons. The number of nitrogens with zero attached hydrogens (tertiary/aromatic N) is 1. The minimum Gasteiger partial charge on any atom is -0.383 e. The second kappa shape index (κ2) is 7.78. The molecule has 0 heterocycles. The van der Waals surface area contributed by atoms with E-state index in [4.69, 9.17) is 4.74 Å². The van der Waals surface area contributed by atoms with E-state index in [2.05, 4.69) is 13.8 Å². The van der Waals surface area contributed by atoms with Gasteiger partial charge in [-0.1, -0.05) is 13.8 Å². The zero-order valence-corrected chi connectivity index (χ0v) is 12.4. The highest BCUT2D eigenvalue weighted by Gasteiger charge is 2.25. The Morgan fingerprint density at radius 1 is 1.28 bits per heavy atom. The van der Waals surface area contributed by atoms with Crippen LogP contribution < -0.4 is 0 Å². The first kappa shape index (κ1) is 15.5. The average Bonchev–Trinajstić information content (AvgIpc) is 2.36. The van der Waals surface area contributed by atoms with E-state index in [9.17, 15) is 4.79 Å². The summed E-state index contributed by atoms with van der Waals surface area (Å²) < 4.78 is 5.00. The van der Waals surface area contributed by atoms with Crippen molar-refractivity contribution in [2.24, 2.45) is 17.8 Å². The molecule has 1 aliphatic carbocycles. The fourth-order valence-electron chi connectivity index (χ4n) is 2.81. The van der Waals surface area contributed by atoms with Crippen LogP contribution >= 0.6 is 0 Å². The number of methoxy groups -OCH3 is 1. The zero-order valence-electron chi connectivity index (χ0n) is 12.4. The molecule has 0 spiro atoms. The van der Waals surface area contributed by atoms with Crippen LogP contribution in [0.4, 0.5) is 0 Å². The van der Waals surface area contributed by atoms with Gasteiger partial charge in [0, 0.05) is 27.1 Å². The molecule has 3 heteroatoms. The fraction of sp³-hybridized carbons (Fsp3) is 0.933. The van der Waals surface area contributed by atoms with Crippen molar-refractivity contribution in [1.82, 2.24) is 4.90 Å². The third-order valence-electron chi connectivity index (χ3n) is 4.35. The summed E-state index contributed by atoms with van der Waals surface area (Å²) in [6.45, 7) is 5.96. The van der Waals surface area contributed by atoms with Gasteiger partial charge in [0.1, 0.15) is 0 Å². The van der Waals surface area contributed by atoms with Gasteiger partial charge < -0.3 is 9.64 Å². The molecule has 0 aromatic carbocycles. The summed E-state index contributed by atoms with van der Waals surface area (Å²) in [4.78, 5) is 13.8. The van der Waals surface area contributed by atoms with Gasteiger partial charge in [0.15, 0.2) is 0 Å². The fourth-order valence-corrected chi connectivity index (χ4v) is 2.81. The summed E-state index contributed by atoms with van der Waals surface area (Å²) >= 11 is 0. The number of carbonyl (C=O) groups is 1. The van der Waals surface area contributed by atoms with Crippen molar-refractivity contribution in [3.05, 3.63) is 0 Å². The summed E-state index contributed by atoms with van der Waals surface area (Å²) in [7, 11) is 3.55. The van der Waals surface area contributed by atoms with Crippen molar-refractivity contribution in [3.63, 3.8) is 0 Å². The minimum absolute atomic E-state index is 0.278. The van der Waals surface area contributed by atoms with Crippen molar-refractivity contribution < 1.29 is 9.53 Å². The Balaban J connectivity index is 2.25. The topological polar surface area (TPSA) is 29.5 Å². The van der Waals surface area contributed by atoms with Gasteiger partial charge in [-0.3, -0.25) is 4.79 Å². The molecule has 1 amide bonds.